The van der Waals surface area contributed by atoms with Crippen molar-refractivity contribution in [1.82, 2.24) is 19.5 Å². The van der Waals surface area contributed by atoms with Crippen LogP contribution in [0.4, 0.5) is 22.0 Å². The van der Waals surface area contributed by atoms with Gasteiger partial charge in [0, 0.05) is 23.0 Å². The number of primary amides is 1. The van der Waals surface area contributed by atoms with Crippen molar-refractivity contribution in [2.45, 2.75) is 70.1 Å². The van der Waals surface area contributed by atoms with Gasteiger partial charge >= 0.3 is 0 Å². The van der Waals surface area contributed by atoms with E-state index in [9.17, 15) is 14.3 Å². The van der Waals surface area contributed by atoms with Crippen molar-refractivity contribution in [3.05, 3.63) is 34.2 Å². The van der Waals surface area contributed by atoms with Crippen LogP contribution in [-0.2, 0) is 4.79 Å². The van der Waals surface area contributed by atoms with Gasteiger partial charge < -0.3 is 21.5 Å². The fraction of sp³-hybridized carbons (Fsp3) is 0.520. The van der Waals surface area contributed by atoms with E-state index in [2.05, 4.69) is 27.5 Å². The number of carbonyl (C=O) groups excluding carboxylic acids is 1. The van der Waals surface area contributed by atoms with Crippen LogP contribution >= 0.6 is 23.2 Å². The standard InChI is InChI=1S/C25H30Cl2FN7O2/c1-12-2-5-15(10-20(12)36)31-24-30-11-19-23(34-24)35(16-6-3-13(4-7-16)22(29)37)25(32-19)33-21-17(27)8-14(26)9-18(21)28/h8-9,11-13,15-16,20,36H,2-7,10H2,1H3,(H2,29,37)(H,32,33)(H,30,31,34)/t12-,13-,15?,16+,20-/m1/s1. The first kappa shape index (κ1) is 25.9. The number of rotatable bonds is 6. The van der Waals surface area contributed by atoms with Gasteiger partial charge in [-0.1, -0.05) is 30.1 Å². The summed E-state index contributed by atoms with van der Waals surface area (Å²) in [4.78, 5) is 25.6. The fourth-order valence-electron chi connectivity index (χ4n) is 5.40. The minimum absolute atomic E-state index is 0.0441. The second-order valence-electron chi connectivity index (χ2n) is 10.2. The summed E-state index contributed by atoms with van der Waals surface area (Å²) in [5, 5.41) is 17.0. The third-order valence-corrected chi connectivity index (χ3v) is 8.14. The second kappa shape index (κ2) is 10.6. The highest BCUT2D eigenvalue weighted by atomic mass is 35.5. The zero-order valence-corrected chi connectivity index (χ0v) is 21.9. The van der Waals surface area contributed by atoms with Crippen molar-refractivity contribution in [1.29, 1.82) is 0 Å². The maximum Gasteiger partial charge on any atom is 0.224 e. The molecule has 37 heavy (non-hydrogen) atoms. The summed E-state index contributed by atoms with van der Waals surface area (Å²) in [6.45, 7) is 2.05. The molecule has 0 bridgehead atoms. The number of nitrogens with zero attached hydrogens (tertiary/aromatic N) is 4. The summed E-state index contributed by atoms with van der Waals surface area (Å²) in [6.07, 6.45) is 6.38. The lowest BCUT2D eigenvalue weighted by molar-refractivity contribution is -0.122. The van der Waals surface area contributed by atoms with Crippen molar-refractivity contribution in [2.75, 3.05) is 10.6 Å². The van der Waals surface area contributed by atoms with Crippen LogP contribution in [0.15, 0.2) is 18.3 Å². The van der Waals surface area contributed by atoms with Gasteiger partial charge in [-0.05, 0) is 63.0 Å². The summed E-state index contributed by atoms with van der Waals surface area (Å²) in [6, 6.07) is 2.66. The molecule has 0 aliphatic heterocycles. The Bertz CT molecular complexity index is 1290. The van der Waals surface area contributed by atoms with Gasteiger partial charge in [-0.3, -0.25) is 9.36 Å². The van der Waals surface area contributed by atoms with E-state index < -0.39 is 5.82 Å². The second-order valence-corrected chi connectivity index (χ2v) is 11.0. The molecule has 2 aliphatic rings. The Morgan fingerprint density at radius 3 is 2.59 bits per heavy atom. The molecule has 2 saturated carbocycles. The number of aromatic nitrogens is 4. The molecule has 0 saturated heterocycles. The van der Waals surface area contributed by atoms with E-state index in [1.54, 1.807) is 6.20 Å². The first-order valence-corrected chi connectivity index (χ1v) is 13.4. The van der Waals surface area contributed by atoms with E-state index >= 15 is 0 Å². The van der Waals surface area contributed by atoms with E-state index in [0.29, 0.717) is 55.2 Å². The Kier molecular flexibility index (Phi) is 7.42. The summed E-state index contributed by atoms with van der Waals surface area (Å²) >= 11 is 12.2. The number of nitrogens with one attached hydrogen (secondary N) is 2. The molecule has 198 valence electrons. The number of halogens is 3. The average Bonchev–Trinajstić information content (AvgIpc) is 3.21. The number of nitrogens with two attached hydrogens (primary N) is 1. The van der Waals surface area contributed by atoms with Crippen molar-refractivity contribution in [2.24, 2.45) is 17.6 Å². The first-order chi connectivity index (χ1) is 17.7. The lowest BCUT2D eigenvalue weighted by atomic mass is 9.85. The van der Waals surface area contributed by atoms with Crippen LogP contribution in [0.1, 0.15) is 57.9 Å². The number of anilines is 3. The highest BCUT2D eigenvalue weighted by molar-refractivity contribution is 6.36. The van der Waals surface area contributed by atoms with E-state index in [1.165, 1.54) is 12.1 Å². The van der Waals surface area contributed by atoms with Crippen LogP contribution in [0.5, 0.6) is 0 Å². The number of imidazole rings is 1. The number of benzene rings is 1. The molecule has 1 unspecified atom stereocenters. The molecule has 1 amide bonds. The SMILES string of the molecule is C[C@@H]1CCC(Nc2ncc3nc(Nc4c(F)cc(Cl)cc4Cl)n([C@H]4CC[C@@H](C(N)=O)CC4)c3n2)C[C@H]1O. The van der Waals surface area contributed by atoms with E-state index in [0.717, 1.165) is 12.8 Å². The molecule has 9 nitrogen and oxygen atoms in total. The van der Waals surface area contributed by atoms with Gasteiger partial charge in [-0.15, -0.1) is 0 Å². The van der Waals surface area contributed by atoms with Crippen molar-refractivity contribution in [3.63, 3.8) is 0 Å². The molecule has 0 radical (unpaired) electrons. The Morgan fingerprint density at radius 2 is 1.92 bits per heavy atom. The van der Waals surface area contributed by atoms with Gasteiger partial charge in [0.2, 0.25) is 17.8 Å². The smallest absolute Gasteiger partial charge is 0.224 e. The Hall–Kier alpha value is -2.69. The maximum atomic E-state index is 14.8. The molecule has 2 aromatic heterocycles. The Balaban J connectivity index is 1.50. The lowest BCUT2D eigenvalue weighted by Crippen LogP contribution is -2.35. The summed E-state index contributed by atoms with van der Waals surface area (Å²) < 4.78 is 16.7. The minimum atomic E-state index is -0.605. The van der Waals surface area contributed by atoms with Crippen molar-refractivity contribution >= 4 is 57.9 Å². The molecule has 0 spiro atoms. The third-order valence-electron chi connectivity index (χ3n) is 7.63. The van der Waals surface area contributed by atoms with Gasteiger partial charge in [0.05, 0.1) is 23.0 Å². The summed E-state index contributed by atoms with van der Waals surface area (Å²) in [5.74, 6) is 0.0133. The predicted molar refractivity (Wildman–Crippen MR) is 142 cm³/mol. The normalized spacial score (nSPS) is 26.2. The molecule has 2 aliphatic carbocycles. The molecular formula is C25H30Cl2FN7O2. The highest BCUT2D eigenvalue weighted by Gasteiger charge is 2.30. The number of amides is 1. The number of aliphatic hydroxyl groups excluding tert-OH is 1. The molecule has 3 aromatic rings. The molecule has 3 atom stereocenters. The number of hydrogen-bond donors (Lipinski definition) is 4. The number of carbonyl (C=O) groups is 1. The third kappa shape index (κ3) is 5.46. The Labute approximate surface area is 224 Å². The van der Waals surface area contributed by atoms with E-state index in [1.807, 2.05) is 4.57 Å². The van der Waals surface area contributed by atoms with Gasteiger partial charge in [0.1, 0.15) is 11.3 Å². The van der Waals surface area contributed by atoms with E-state index in [-0.39, 0.29) is 51.7 Å². The largest absolute Gasteiger partial charge is 0.393 e. The zero-order chi connectivity index (χ0) is 26.3. The fourth-order valence-corrected chi connectivity index (χ4v) is 5.91. The molecular weight excluding hydrogens is 520 g/mol. The molecule has 5 N–H and O–H groups in total. The van der Waals surface area contributed by atoms with Crippen LogP contribution in [0.3, 0.4) is 0 Å². The summed E-state index contributed by atoms with van der Waals surface area (Å²) in [7, 11) is 0. The lowest BCUT2D eigenvalue weighted by Gasteiger charge is -2.31. The van der Waals surface area contributed by atoms with Gasteiger partial charge in [0.15, 0.2) is 5.65 Å². The van der Waals surface area contributed by atoms with Crippen LogP contribution < -0.4 is 16.4 Å². The van der Waals surface area contributed by atoms with Crippen LogP contribution in [0.25, 0.3) is 11.2 Å². The molecule has 1 aromatic carbocycles. The molecule has 2 heterocycles. The molecule has 12 heteroatoms. The maximum absolute atomic E-state index is 14.8. The van der Waals surface area contributed by atoms with Gasteiger partial charge in [-0.2, -0.15) is 4.98 Å². The van der Waals surface area contributed by atoms with E-state index in [4.69, 9.17) is 33.9 Å². The summed E-state index contributed by atoms with van der Waals surface area (Å²) in [5.41, 5.74) is 6.72. The monoisotopic (exact) mass is 549 g/mol. The number of aliphatic hydroxyl groups is 1. The van der Waals surface area contributed by atoms with Gasteiger partial charge in [-0.25, -0.2) is 14.4 Å². The average molecular weight is 550 g/mol. The zero-order valence-electron chi connectivity index (χ0n) is 20.4. The Morgan fingerprint density at radius 1 is 1.16 bits per heavy atom. The minimum Gasteiger partial charge on any atom is -0.393 e. The van der Waals surface area contributed by atoms with Crippen LogP contribution in [-0.4, -0.2) is 42.7 Å². The highest BCUT2D eigenvalue weighted by Crippen LogP contribution is 2.39. The van der Waals surface area contributed by atoms with Gasteiger partial charge in [0.25, 0.3) is 0 Å². The van der Waals surface area contributed by atoms with Crippen LogP contribution in [0, 0.1) is 17.7 Å². The van der Waals surface area contributed by atoms with Crippen molar-refractivity contribution in [3.8, 4) is 0 Å². The molecule has 5 rings (SSSR count). The number of hydrogen-bond acceptors (Lipinski definition) is 7. The topological polar surface area (TPSA) is 131 Å². The van der Waals surface area contributed by atoms with Crippen LogP contribution in [0.2, 0.25) is 10.0 Å². The quantitative estimate of drug-likeness (QED) is 0.332. The first-order valence-electron chi connectivity index (χ1n) is 12.6. The molecule has 2 fully saturated rings. The predicted octanol–water partition coefficient (Wildman–Crippen LogP) is 5.19. The van der Waals surface area contributed by atoms with Crippen molar-refractivity contribution < 1.29 is 14.3 Å². The number of fused-ring (bicyclic) bond motifs is 1.